The zero-order chi connectivity index (χ0) is 17.3. The van der Waals surface area contributed by atoms with Gasteiger partial charge in [0.1, 0.15) is 0 Å². The fraction of sp³-hybridized carbons (Fsp3) is 0.333. The van der Waals surface area contributed by atoms with Crippen LogP contribution in [0.15, 0.2) is 54.1 Å². The Morgan fingerprint density at radius 2 is 1.87 bits per heavy atom. The van der Waals surface area contributed by atoms with E-state index in [1.165, 1.54) is 30.7 Å². The van der Waals surface area contributed by atoms with Crippen LogP contribution in [0.3, 0.4) is 0 Å². The predicted octanol–water partition coefficient (Wildman–Crippen LogP) is 3.27. The van der Waals surface area contributed by atoms with E-state index >= 15 is 0 Å². The minimum Gasteiger partial charge on any atom is -0.481 e. The topological polar surface area (TPSA) is 83.8 Å². The van der Waals surface area contributed by atoms with E-state index in [4.69, 9.17) is 14.9 Å². The maximum Gasteiger partial charge on any atom is 0.331 e. The molecule has 0 saturated carbocycles. The van der Waals surface area contributed by atoms with Crippen LogP contribution in [0, 0.1) is 5.41 Å². The average molecular weight is 318 g/mol. The van der Waals surface area contributed by atoms with E-state index in [2.05, 4.69) is 12.1 Å². The third-order valence-electron chi connectivity index (χ3n) is 3.40. The van der Waals surface area contributed by atoms with Crippen LogP contribution in [-0.2, 0) is 20.9 Å². The molecular formula is C18H22O5. The van der Waals surface area contributed by atoms with Crippen molar-refractivity contribution in [2.75, 3.05) is 6.61 Å². The SMILES string of the molecule is CC1(C(=O)O)C=CC=C(C(=O)O)C1.CCOCc1ccccc1. The summed E-state index contributed by atoms with van der Waals surface area (Å²) in [5, 5.41) is 17.5. The van der Waals surface area contributed by atoms with Gasteiger partial charge in [-0.1, -0.05) is 48.6 Å². The smallest absolute Gasteiger partial charge is 0.331 e. The molecule has 1 aliphatic rings. The van der Waals surface area contributed by atoms with Gasteiger partial charge in [0.15, 0.2) is 0 Å². The number of carbonyl (C=O) groups is 2. The fourth-order valence-electron chi connectivity index (χ4n) is 1.98. The summed E-state index contributed by atoms with van der Waals surface area (Å²) in [5.41, 5.74) is 0.291. The van der Waals surface area contributed by atoms with Crippen molar-refractivity contribution in [3.8, 4) is 0 Å². The van der Waals surface area contributed by atoms with Gasteiger partial charge >= 0.3 is 11.9 Å². The summed E-state index contributed by atoms with van der Waals surface area (Å²) in [6.07, 6.45) is 4.43. The van der Waals surface area contributed by atoms with E-state index in [0.717, 1.165) is 13.2 Å². The maximum atomic E-state index is 10.8. The lowest BCUT2D eigenvalue weighted by Gasteiger charge is -2.23. The summed E-state index contributed by atoms with van der Waals surface area (Å²) in [5.74, 6) is -2.06. The quantitative estimate of drug-likeness (QED) is 0.870. The number of carboxylic acid groups (broad SMARTS) is 2. The van der Waals surface area contributed by atoms with Crippen molar-refractivity contribution in [2.45, 2.75) is 26.9 Å². The van der Waals surface area contributed by atoms with Crippen LogP contribution in [-0.4, -0.2) is 28.8 Å². The van der Waals surface area contributed by atoms with Crippen molar-refractivity contribution in [2.24, 2.45) is 5.41 Å². The molecule has 0 aromatic heterocycles. The fourth-order valence-corrected chi connectivity index (χ4v) is 1.98. The molecule has 0 bridgehead atoms. The Morgan fingerprint density at radius 3 is 2.39 bits per heavy atom. The minimum absolute atomic E-state index is 0.0359. The molecule has 0 aliphatic heterocycles. The van der Waals surface area contributed by atoms with Gasteiger partial charge in [-0.3, -0.25) is 4.79 Å². The molecule has 1 aliphatic carbocycles. The summed E-state index contributed by atoms with van der Waals surface area (Å²) in [7, 11) is 0. The lowest BCUT2D eigenvalue weighted by Crippen LogP contribution is -2.28. The van der Waals surface area contributed by atoms with Gasteiger partial charge < -0.3 is 14.9 Å². The molecule has 0 radical (unpaired) electrons. The van der Waals surface area contributed by atoms with Crippen LogP contribution in [0.25, 0.3) is 0 Å². The van der Waals surface area contributed by atoms with Gasteiger partial charge in [-0.05, 0) is 25.8 Å². The van der Waals surface area contributed by atoms with E-state index in [0.29, 0.717) is 0 Å². The summed E-state index contributed by atoms with van der Waals surface area (Å²) in [4.78, 5) is 21.3. The molecule has 0 fully saturated rings. The van der Waals surface area contributed by atoms with Crippen molar-refractivity contribution >= 4 is 11.9 Å². The Morgan fingerprint density at radius 1 is 1.22 bits per heavy atom. The zero-order valence-electron chi connectivity index (χ0n) is 13.4. The normalized spacial score (nSPS) is 19.3. The number of allylic oxidation sites excluding steroid dienone is 2. The van der Waals surface area contributed by atoms with Crippen LogP contribution in [0.2, 0.25) is 0 Å². The van der Waals surface area contributed by atoms with Gasteiger partial charge in [-0.25, -0.2) is 4.79 Å². The lowest BCUT2D eigenvalue weighted by atomic mass is 9.80. The van der Waals surface area contributed by atoms with E-state index in [1.807, 2.05) is 25.1 Å². The highest BCUT2D eigenvalue weighted by molar-refractivity contribution is 5.90. The first kappa shape index (κ1) is 18.6. The van der Waals surface area contributed by atoms with Crippen LogP contribution in [0.1, 0.15) is 25.8 Å². The lowest BCUT2D eigenvalue weighted by molar-refractivity contribution is -0.145. The summed E-state index contributed by atoms with van der Waals surface area (Å²) in [6, 6.07) is 10.2. The van der Waals surface area contributed by atoms with Gasteiger partial charge in [0.2, 0.25) is 0 Å². The van der Waals surface area contributed by atoms with E-state index in [9.17, 15) is 9.59 Å². The summed E-state index contributed by atoms with van der Waals surface area (Å²) in [6.45, 7) is 5.02. The third kappa shape index (κ3) is 6.08. The Balaban J connectivity index is 0.000000238. The highest BCUT2D eigenvalue weighted by Gasteiger charge is 2.34. The van der Waals surface area contributed by atoms with Crippen molar-refractivity contribution in [3.63, 3.8) is 0 Å². The molecule has 0 amide bonds. The summed E-state index contributed by atoms with van der Waals surface area (Å²) >= 11 is 0. The molecule has 1 atom stereocenters. The molecule has 1 aromatic rings. The monoisotopic (exact) mass is 318 g/mol. The molecule has 2 N–H and O–H groups in total. The molecule has 1 unspecified atom stereocenters. The number of hydrogen-bond donors (Lipinski definition) is 2. The number of aliphatic carboxylic acids is 2. The van der Waals surface area contributed by atoms with Crippen LogP contribution < -0.4 is 0 Å². The van der Waals surface area contributed by atoms with E-state index in [-0.39, 0.29) is 12.0 Å². The number of carboxylic acids is 2. The summed E-state index contributed by atoms with van der Waals surface area (Å²) < 4.78 is 5.22. The van der Waals surface area contributed by atoms with Gasteiger partial charge in [0, 0.05) is 12.2 Å². The van der Waals surface area contributed by atoms with Crippen molar-refractivity contribution in [1.29, 1.82) is 0 Å². The molecular weight excluding hydrogens is 296 g/mol. The Hall–Kier alpha value is -2.40. The standard InChI is InChI=1S/C9H10O4.C9H12O/c1-9(8(12)13)4-2-3-6(5-9)7(10)11;1-2-10-8-9-6-4-3-5-7-9/h2-4H,5H2,1H3,(H,10,11)(H,12,13);3-7H,2,8H2,1H3. The number of rotatable bonds is 5. The molecule has 0 spiro atoms. The van der Waals surface area contributed by atoms with Gasteiger partial charge in [-0.2, -0.15) is 0 Å². The number of benzene rings is 1. The first-order valence-corrected chi connectivity index (χ1v) is 7.36. The first-order chi connectivity index (χ1) is 10.9. The molecule has 23 heavy (non-hydrogen) atoms. The molecule has 0 saturated heterocycles. The largest absolute Gasteiger partial charge is 0.481 e. The van der Waals surface area contributed by atoms with Crippen molar-refractivity contribution in [1.82, 2.24) is 0 Å². The van der Waals surface area contributed by atoms with Gasteiger partial charge in [0.05, 0.1) is 12.0 Å². The number of hydrogen-bond acceptors (Lipinski definition) is 3. The Labute approximate surface area is 135 Å². The molecule has 5 nitrogen and oxygen atoms in total. The molecule has 2 rings (SSSR count). The molecule has 0 heterocycles. The molecule has 5 heteroatoms. The van der Waals surface area contributed by atoms with Gasteiger partial charge in [0.25, 0.3) is 0 Å². The average Bonchev–Trinajstić information content (AvgIpc) is 2.54. The zero-order valence-corrected chi connectivity index (χ0v) is 13.4. The van der Waals surface area contributed by atoms with E-state index < -0.39 is 17.4 Å². The maximum absolute atomic E-state index is 10.8. The minimum atomic E-state index is -1.08. The van der Waals surface area contributed by atoms with E-state index in [1.54, 1.807) is 0 Å². The Kier molecular flexibility index (Phi) is 7.22. The van der Waals surface area contributed by atoms with Crippen LogP contribution in [0.4, 0.5) is 0 Å². The van der Waals surface area contributed by atoms with Crippen LogP contribution in [0.5, 0.6) is 0 Å². The second-order valence-corrected chi connectivity index (χ2v) is 5.38. The highest BCUT2D eigenvalue weighted by Crippen LogP contribution is 2.31. The predicted molar refractivity (Wildman–Crippen MR) is 87.0 cm³/mol. The second-order valence-electron chi connectivity index (χ2n) is 5.38. The third-order valence-corrected chi connectivity index (χ3v) is 3.40. The van der Waals surface area contributed by atoms with Crippen LogP contribution >= 0.6 is 0 Å². The second kappa shape index (κ2) is 8.90. The Bertz CT molecular complexity index is 589. The van der Waals surface area contributed by atoms with Crippen molar-refractivity contribution in [3.05, 3.63) is 59.7 Å². The number of ether oxygens (including phenoxy) is 1. The molecule has 124 valence electrons. The molecule has 1 aromatic carbocycles. The van der Waals surface area contributed by atoms with Gasteiger partial charge in [-0.15, -0.1) is 0 Å². The first-order valence-electron chi connectivity index (χ1n) is 7.36. The van der Waals surface area contributed by atoms with Crippen molar-refractivity contribution < 1.29 is 24.5 Å². The highest BCUT2D eigenvalue weighted by atomic mass is 16.5.